The fourth-order valence-corrected chi connectivity index (χ4v) is 5.00. The van der Waals surface area contributed by atoms with Gasteiger partial charge in [-0.3, -0.25) is 0 Å². The minimum atomic E-state index is -0.820. The van der Waals surface area contributed by atoms with Gasteiger partial charge >= 0.3 is 5.97 Å². The molecule has 0 aromatic heterocycles. The zero-order valence-electron chi connectivity index (χ0n) is 19.8. The normalized spacial score (nSPS) is 44.3. The zero-order chi connectivity index (χ0) is 23.8. The zero-order valence-corrected chi connectivity index (χ0v) is 19.8. The van der Waals surface area contributed by atoms with Crippen LogP contribution in [0, 0.1) is 11.8 Å². The molecule has 9 atom stereocenters. The first-order chi connectivity index (χ1) is 15.8. The lowest BCUT2D eigenvalue weighted by molar-refractivity contribution is -0.148. The molecule has 186 valence electrons. The van der Waals surface area contributed by atoms with Gasteiger partial charge in [0.05, 0.1) is 43.2 Å². The van der Waals surface area contributed by atoms with E-state index in [-0.39, 0.29) is 37.4 Å². The summed E-state index contributed by atoms with van der Waals surface area (Å²) in [6.07, 6.45) is 12.9. The molecule has 2 fully saturated rings. The highest BCUT2D eigenvalue weighted by atomic mass is 16.6. The quantitative estimate of drug-likeness (QED) is 0.513. The smallest absolute Gasteiger partial charge is 0.330 e. The summed E-state index contributed by atoms with van der Waals surface area (Å²) in [6.45, 7) is 3.89. The first-order valence-corrected chi connectivity index (χ1v) is 12.3. The van der Waals surface area contributed by atoms with Gasteiger partial charge in [-0.1, -0.05) is 44.2 Å². The van der Waals surface area contributed by atoms with Crippen molar-refractivity contribution in [1.29, 1.82) is 0 Å². The summed E-state index contributed by atoms with van der Waals surface area (Å²) in [6, 6.07) is 0. The third kappa shape index (κ3) is 8.34. The van der Waals surface area contributed by atoms with Gasteiger partial charge in [0.2, 0.25) is 0 Å². The molecule has 0 aromatic carbocycles. The number of allylic oxidation sites excluding steroid dienone is 3. The number of hydrogen-bond acceptors (Lipinski definition) is 7. The van der Waals surface area contributed by atoms with E-state index in [9.17, 15) is 20.1 Å². The van der Waals surface area contributed by atoms with Crippen LogP contribution in [0.4, 0.5) is 0 Å². The van der Waals surface area contributed by atoms with Gasteiger partial charge in [-0.25, -0.2) is 4.79 Å². The SMILES string of the molecule is C[C@H]1/C=C/C=C\C[C@@H]2O[C@@H](C[C@@H]2C)[C@@H](O)C[C@@H](CO)OC(=O)/C=C/C[C@H]2C[C@@H](O)C[C@@H](C1)O2. The van der Waals surface area contributed by atoms with E-state index in [1.807, 2.05) is 12.2 Å². The molecule has 0 amide bonds. The highest BCUT2D eigenvalue weighted by Gasteiger charge is 2.36. The molecule has 3 aliphatic heterocycles. The summed E-state index contributed by atoms with van der Waals surface area (Å²) < 4.78 is 17.6. The molecule has 0 aromatic rings. The van der Waals surface area contributed by atoms with Crippen molar-refractivity contribution in [2.45, 2.75) is 102 Å². The predicted octanol–water partition coefficient (Wildman–Crippen LogP) is 2.83. The van der Waals surface area contributed by atoms with Crippen LogP contribution in [-0.2, 0) is 19.0 Å². The lowest BCUT2D eigenvalue weighted by Crippen LogP contribution is -2.36. The Morgan fingerprint density at radius 2 is 1.70 bits per heavy atom. The fourth-order valence-electron chi connectivity index (χ4n) is 5.00. The van der Waals surface area contributed by atoms with E-state index >= 15 is 0 Å². The second-order valence-corrected chi connectivity index (χ2v) is 9.88. The molecule has 7 nitrogen and oxygen atoms in total. The number of aliphatic hydroxyl groups excluding tert-OH is 3. The molecule has 3 N–H and O–H groups in total. The van der Waals surface area contributed by atoms with Crippen LogP contribution < -0.4 is 0 Å². The largest absolute Gasteiger partial charge is 0.457 e. The monoisotopic (exact) mass is 464 g/mol. The molecular formula is C26H40O7. The van der Waals surface area contributed by atoms with Gasteiger partial charge in [-0.05, 0) is 50.4 Å². The molecule has 33 heavy (non-hydrogen) atoms. The van der Waals surface area contributed by atoms with Crippen LogP contribution in [0.3, 0.4) is 0 Å². The van der Waals surface area contributed by atoms with E-state index in [0.717, 1.165) is 19.3 Å². The summed E-state index contributed by atoms with van der Waals surface area (Å²) in [4.78, 5) is 12.2. The van der Waals surface area contributed by atoms with Crippen molar-refractivity contribution in [3.63, 3.8) is 0 Å². The van der Waals surface area contributed by atoms with Crippen LogP contribution >= 0.6 is 0 Å². The van der Waals surface area contributed by atoms with Gasteiger partial charge in [0.1, 0.15) is 6.10 Å². The second-order valence-electron chi connectivity index (χ2n) is 9.88. The van der Waals surface area contributed by atoms with Crippen LogP contribution in [0.2, 0.25) is 0 Å². The van der Waals surface area contributed by atoms with Gasteiger partial charge in [-0.2, -0.15) is 0 Å². The number of fused-ring (bicyclic) bond motifs is 4. The molecule has 0 radical (unpaired) electrons. The Labute approximate surface area is 197 Å². The minimum absolute atomic E-state index is 0.0213. The highest BCUT2D eigenvalue weighted by Crippen LogP contribution is 2.32. The number of carbonyl (C=O) groups is 1. The van der Waals surface area contributed by atoms with E-state index in [1.165, 1.54) is 6.08 Å². The maximum absolute atomic E-state index is 12.2. The van der Waals surface area contributed by atoms with E-state index in [0.29, 0.717) is 31.1 Å². The predicted molar refractivity (Wildman–Crippen MR) is 124 cm³/mol. The number of ether oxygens (including phenoxy) is 3. The molecule has 0 aliphatic carbocycles. The standard InChI is InChI=1S/C26H40O7/c1-17-7-4-3-5-9-24-18(2)12-25(33-24)23(29)15-22(16-27)32-26(30)10-6-8-20-13-19(28)14-21(11-17)31-20/h3-7,10,17-25,27-29H,8-9,11-16H2,1-2H3/b5-3-,7-4+,10-6+/t17-,18-,19+,20-,21+,22-,23-,24-,25-/m0/s1. The molecule has 0 spiro atoms. The Balaban J connectivity index is 1.70. The summed E-state index contributed by atoms with van der Waals surface area (Å²) >= 11 is 0. The van der Waals surface area contributed by atoms with Gasteiger partial charge in [0.25, 0.3) is 0 Å². The average molecular weight is 465 g/mol. The maximum atomic E-state index is 12.2. The van der Waals surface area contributed by atoms with E-state index in [4.69, 9.17) is 14.2 Å². The first kappa shape index (κ1) is 26.1. The Bertz CT molecular complexity index is 703. The van der Waals surface area contributed by atoms with Crippen LogP contribution in [0.25, 0.3) is 0 Å². The van der Waals surface area contributed by atoms with Crippen molar-refractivity contribution in [1.82, 2.24) is 0 Å². The molecule has 2 saturated heterocycles. The third-order valence-electron chi connectivity index (χ3n) is 6.81. The van der Waals surface area contributed by atoms with Gasteiger partial charge in [0.15, 0.2) is 0 Å². The number of aliphatic hydroxyl groups is 3. The molecule has 7 heteroatoms. The van der Waals surface area contributed by atoms with Crippen LogP contribution in [0.5, 0.6) is 0 Å². The Morgan fingerprint density at radius 1 is 0.909 bits per heavy atom. The van der Waals surface area contributed by atoms with Crippen LogP contribution in [0.15, 0.2) is 36.5 Å². The molecule has 3 heterocycles. The van der Waals surface area contributed by atoms with Crippen molar-refractivity contribution >= 4 is 5.97 Å². The van der Waals surface area contributed by atoms with Gasteiger partial charge in [0, 0.05) is 12.5 Å². The molecule has 3 aliphatic rings. The topological polar surface area (TPSA) is 105 Å². The van der Waals surface area contributed by atoms with E-state index in [1.54, 1.807) is 6.08 Å². The van der Waals surface area contributed by atoms with Gasteiger partial charge in [-0.15, -0.1) is 0 Å². The maximum Gasteiger partial charge on any atom is 0.330 e. The van der Waals surface area contributed by atoms with Crippen LogP contribution in [0.1, 0.15) is 58.8 Å². The lowest BCUT2D eigenvalue weighted by Gasteiger charge is -2.33. The lowest BCUT2D eigenvalue weighted by atomic mass is 9.93. The van der Waals surface area contributed by atoms with E-state index in [2.05, 4.69) is 26.0 Å². The molecule has 3 rings (SSSR count). The number of cyclic esters (lactones) is 1. The van der Waals surface area contributed by atoms with Crippen molar-refractivity contribution in [3.05, 3.63) is 36.5 Å². The highest BCUT2D eigenvalue weighted by molar-refractivity contribution is 5.82. The number of hydrogen-bond donors (Lipinski definition) is 3. The van der Waals surface area contributed by atoms with E-state index < -0.39 is 24.3 Å². The van der Waals surface area contributed by atoms with Crippen LogP contribution in [-0.4, -0.2) is 70.6 Å². The molecule has 4 bridgehead atoms. The second kappa shape index (κ2) is 12.8. The number of rotatable bonds is 1. The molecular weight excluding hydrogens is 424 g/mol. The summed E-state index contributed by atoms with van der Waals surface area (Å²) in [7, 11) is 0. The molecule has 0 unspecified atom stereocenters. The van der Waals surface area contributed by atoms with Crippen molar-refractivity contribution < 1.29 is 34.3 Å². The summed E-state index contributed by atoms with van der Waals surface area (Å²) in [5, 5.41) is 30.5. The third-order valence-corrected chi connectivity index (χ3v) is 6.81. The van der Waals surface area contributed by atoms with Crippen molar-refractivity contribution in [2.24, 2.45) is 11.8 Å². The average Bonchev–Trinajstić information content (AvgIpc) is 3.12. The minimum Gasteiger partial charge on any atom is -0.457 e. The molecule has 0 saturated carbocycles. The first-order valence-electron chi connectivity index (χ1n) is 12.3. The summed E-state index contributed by atoms with van der Waals surface area (Å²) in [5.41, 5.74) is 0. The van der Waals surface area contributed by atoms with Crippen molar-refractivity contribution in [3.8, 4) is 0 Å². The fraction of sp³-hybridized carbons (Fsp3) is 0.731. The Morgan fingerprint density at radius 3 is 2.48 bits per heavy atom. The Kier molecular flexibility index (Phi) is 10.1. The van der Waals surface area contributed by atoms with Gasteiger partial charge < -0.3 is 29.5 Å². The number of esters is 1. The Hall–Kier alpha value is -1.51. The number of carbonyl (C=O) groups excluding carboxylic acids is 1. The summed E-state index contributed by atoms with van der Waals surface area (Å²) in [5.74, 6) is 0.0419. The van der Waals surface area contributed by atoms with Crippen molar-refractivity contribution in [2.75, 3.05) is 6.61 Å².